The van der Waals surface area contributed by atoms with E-state index in [-0.39, 0.29) is 0 Å². The molecule has 2 N–H and O–H groups in total. The molecule has 0 saturated carbocycles. The molecule has 0 aromatic heterocycles. The van der Waals surface area contributed by atoms with Gasteiger partial charge in [-0.1, -0.05) is 0 Å². The van der Waals surface area contributed by atoms with Gasteiger partial charge < -0.3 is 20.1 Å². The van der Waals surface area contributed by atoms with Crippen molar-refractivity contribution in [2.75, 3.05) is 33.8 Å². The van der Waals surface area contributed by atoms with Crippen LogP contribution in [0.4, 0.5) is 0 Å². The first-order valence-electron chi connectivity index (χ1n) is 7.20. The van der Waals surface area contributed by atoms with Crippen LogP contribution in [0, 0.1) is 0 Å². The molecule has 0 radical (unpaired) electrons. The number of nitrogens with zero attached hydrogens (tertiary/aromatic N) is 1. The van der Waals surface area contributed by atoms with Crippen molar-refractivity contribution in [3.8, 4) is 0 Å². The molecule has 1 rings (SSSR count). The summed E-state index contributed by atoms with van der Waals surface area (Å²) in [5.41, 5.74) is -0.817. The van der Waals surface area contributed by atoms with Gasteiger partial charge >= 0.3 is 5.97 Å². The lowest BCUT2D eigenvalue weighted by Crippen LogP contribution is -2.48. The zero-order chi connectivity index (χ0) is 14.3. The molecule has 5 nitrogen and oxygen atoms in total. The number of hydrogen-bond donors (Lipinski definition) is 2. The van der Waals surface area contributed by atoms with E-state index in [1.54, 1.807) is 14.0 Å². The van der Waals surface area contributed by atoms with E-state index in [1.165, 1.54) is 12.8 Å². The van der Waals surface area contributed by atoms with Gasteiger partial charge in [-0.25, -0.2) is 0 Å². The maximum atomic E-state index is 11.1. The van der Waals surface area contributed by atoms with Crippen LogP contribution in [0.2, 0.25) is 0 Å². The largest absolute Gasteiger partial charge is 0.480 e. The predicted octanol–water partition coefficient (Wildman–Crippen LogP) is 1.33. The van der Waals surface area contributed by atoms with Crippen molar-refractivity contribution in [1.29, 1.82) is 0 Å². The number of likely N-dealkylation sites (N-methyl/N-ethyl adjacent to an activating group) is 2. The van der Waals surface area contributed by atoms with Crippen molar-refractivity contribution >= 4 is 5.97 Å². The second-order valence-corrected chi connectivity index (χ2v) is 5.74. The number of aliphatic carboxylic acids is 1. The summed E-state index contributed by atoms with van der Waals surface area (Å²) in [6.07, 6.45) is 5.44. The normalized spacial score (nSPS) is 23.3. The number of nitrogens with one attached hydrogen (secondary N) is 1. The first-order chi connectivity index (χ1) is 8.98. The summed E-state index contributed by atoms with van der Waals surface area (Å²) >= 11 is 0. The zero-order valence-electron chi connectivity index (χ0n) is 12.4. The van der Waals surface area contributed by atoms with Crippen LogP contribution < -0.4 is 5.32 Å². The van der Waals surface area contributed by atoms with E-state index >= 15 is 0 Å². The topological polar surface area (TPSA) is 61.8 Å². The molecule has 19 heavy (non-hydrogen) atoms. The minimum absolute atomic E-state index is 0.355. The lowest BCUT2D eigenvalue weighted by Gasteiger charge is -2.29. The van der Waals surface area contributed by atoms with E-state index in [1.807, 2.05) is 0 Å². The molecule has 0 aromatic carbocycles. The molecular formula is C14H28N2O3. The quantitative estimate of drug-likeness (QED) is 0.698. The molecule has 0 bridgehead atoms. The number of hydrogen-bond acceptors (Lipinski definition) is 4. The Morgan fingerprint density at radius 3 is 2.79 bits per heavy atom. The van der Waals surface area contributed by atoms with E-state index in [0.29, 0.717) is 12.5 Å². The van der Waals surface area contributed by atoms with E-state index in [2.05, 4.69) is 17.3 Å². The van der Waals surface area contributed by atoms with Crippen LogP contribution in [0.3, 0.4) is 0 Å². The maximum Gasteiger partial charge on any atom is 0.323 e. The first-order valence-corrected chi connectivity index (χ1v) is 7.20. The second kappa shape index (κ2) is 7.82. The van der Waals surface area contributed by atoms with E-state index in [4.69, 9.17) is 9.84 Å². The third-order valence-electron chi connectivity index (χ3n) is 4.03. The van der Waals surface area contributed by atoms with Gasteiger partial charge in [-0.05, 0) is 59.7 Å². The van der Waals surface area contributed by atoms with Crippen LogP contribution in [0.25, 0.3) is 0 Å². The van der Waals surface area contributed by atoms with Gasteiger partial charge in [-0.15, -0.1) is 0 Å². The summed E-state index contributed by atoms with van der Waals surface area (Å²) in [6.45, 7) is 4.47. The van der Waals surface area contributed by atoms with Gasteiger partial charge in [-0.2, -0.15) is 0 Å². The average molecular weight is 272 g/mol. The monoisotopic (exact) mass is 272 g/mol. The van der Waals surface area contributed by atoms with Gasteiger partial charge in [0.25, 0.3) is 0 Å². The summed E-state index contributed by atoms with van der Waals surface area (Å²) in [7, 11) is 3.78. The zero-order valence-corrected chi connectivity index (χ0v) is 12.4. The highest BCUT2D eigenvalue weighted by molar-refractivity contribution is 5.78. The molecule has 1 aliphatic rings. The number of rotatable bonds is 8. The highest BCUT2D eigenvalue weighted by atomic mass is 16.5. The minimum atomic E-state index is -0.817. The van der Waals surface area contributed by atoms with Crippen molar-refractivity contribution in [3.05, 3.63) is 0 Å². The number of carboxylic acids is 1. The van der Waals surface area contributed by atoms with Crippen molar-refractivity contribution < 1.29 is 14.6 Å². The highest BCUT2D eigenvalue weighted by Gasteiger charge is 2.30. The van der Waals surface area contributed by atoms with E-state index in [9.17, 15) is 4.79 Å². The Hall–Kier alpha value is -0.650. The fourth-order valence-electron chi connectivity index (χ4n) is 2.43. The number of carbonyl (C=O) groups is 1. The number of carboxylic acid groups (broad SMARTS) is 1. The molecule has 1 fully saturated rings. The lowest BCUT2D eigenvalue weighted by atomic mass is 9.96. The molecule has 0 aliphatic carbocycles. The molecule has 0 aromatic rings. The Balaban J connectivity index is 2.22. The molecule has 0 amide bonds. The Morgan fingerprint density at radius 2 is 2.26 bits per heavy atom. The van der Waals surface area contributed by atoms with Crippen LogP contribution in [0.1, 0.15) is 39.0 Å². The third kappa shape index (κ3) is 5.47. The van der Waals surface area contributed by atoms with Gasteiger partial charge in [0, 0.05) is 13.2 Å². The standard InChI is InChI=1S/C14H28N2O3/c1-14(15-2,13(17)18)8-6-9-16(3)11-12-7-4-5-10-19-12/h12,15H,4-11H2,1-3H3,(H,17,18). The van der Waals surface area contributed by atoms with Gasteiger partial charge in [0.1, 0.15) is 5.54 Å². The SMILES string of the molecule is CNC(C)(CCCN(C)CC1CCCCO1)C(=O)O. The molecule has 1 aliphatic heterocycles. The fourth-order valence-corrected chi connectivity index (χ4v) is 2.43. The van der Waals surface area contributed by atoms with Crippen LogP contribution in [-0.4, -0.2) is 61.4 Å². The van der Waals surface area contributed by atoms with Crippen molar-refractivity contribution in [2.24, 2.45) is 0 Å². The smallest absolute Gasteiger partial charge is 0.323 e. The summed E-state index contributed by atoms with van der Waals surface area (Å²) in [6, 6.07) is 0. The Morgan fingerprint density at radius 1 is 1.53 bits per heavy atom. The molecule has 5 heteroatoms. The maximum absolute atomic E-state index is 11.1. The molecule has 1 heterocycles. The summed E-state index contributed by atoms with van der Waals surface area (Å²) in [5, 5.41) is 12.1. The Labute approximate surface area is 116 Å². The van der Waals surface area contributed by atoms with E-state index in [0.717, 1.165) is 32.5 Å². The molecule has 112 valence electrons. The van der Waals surface area contributed by atoms with Crippen molar-refractivity contribution in [2.45, 2.75) is 50.7 Å². The van der Waals surface area contributed by atoms with Crippen molar-refractivity contribution in [3.63, 3.8) is 0 Å². The van der Waals surface area contributed by atoms with Crippen LogP contribution >= 0.6 is 0 Å². The second-order valence-electron chi connectivity index (χ2n) is 5.74. The average Bonchev–Trinajstić information content (AvgIpc) is 2.39. The summed E-state index contributed by atoms with van der Waals surface area (Å²) < 4.78 is 5.71. The van der Waals surface area contributed by atoms with E-state index < -0.39 is 11.5 Å². The molecular weight excluding hydrogens is 244 g/mol. The van der Waals surface area contributed by atoms with Gasteiger partial charge in [0.15, 0.2) is 0 Å². The van der Waals surface area contributed by atoms with Crippen molar-refractivity contribution in [1.82, 2.24) is 10.2 Å². The Kier molecular flexibility index (Phi) is 6.75. The molecule has 0 spiro atoms. The highest BCUT2D eigenvalue weighted by Crippen LogP contribution is 2.15. The Bertz CT molecular complexity index is 280. The number of ether oxygens (including phenoxy) is 1. The molecule has 2 unspecified atom stereocenters. The van der Waals surface area contributed by atoms with Gasteiger partial charge in [0.05, 0.1) is 6.10 Å². The van der Waals surface area contributed by atoms with Crippen LogP contribution in [0.15, 0.2) is 0 Å². The summed E-state index contributed by atoms with van der Waals surface area (Å²) in [4.78, 5) is 13.4. The minimum Gasteiger partial charge on any atom is -0.480 e. The summed E-state index contributed by atoms with van der Waals surface area (Å²) in [5.74, 6) is -0.784. The van der Waals surface area contributed by atoms with Gasteiger partial charge in [0.2, 0.25) is 0 Å². The molecule has 1 saturated heterocycles. The fraction of sp³-hybridized carbons (Fsp3) is 0.929. The van der Waals surface area contributed by atoms with Gasteiger partial charge in [-0.3, -0.25) is 4.79 Å². The first kappa shape index (κ1) is 16.4. The third-order valence-corrected chi connectivity index (χ3v) is 4.03. The lowest BCUT2D eigenvalue weighted by molar-refractivity contribution is -0.144. The molecule has 2 atom stereocenters. The van der Waals surface area contributed by atoms with Crippen LogP contribution in [-0.2, 0) is 9.53 Å². The predicted molar refractivity (Wildman–Crippen MR) is 75.4 cm³/mol. The van der Waals surface area contributed by atoms with Crippen LogP contribution in [0.5, 0.6) is 0 Å².